The van der Waals surface area contributed by atoms with Crippen molar-refractivity contribution in [1.29, 1.82) is 0 Å². The molecule has 0 aliphatic carbocycles. The predicted octanol–water partition coefficient (Wildman–Crippen LogP) is 2.38. The van der Waals surface area contributed by atoms with E-state index in [4.69, 9.17) is 17.0 Å². The molecule has 2 rings (SSSR count). The molecule has 0 saturated heterocycles. The van der Waals surface area contributed by atoms with Crippen molar-refractivity contribution in [2.45, 2.75) is 39.3 Å². The number of carbonyl (C=O) groups is 1. The van der Waals surface area contributed by atoms with Crippen LogP contribution >= 0.6 is 12.2 Å². The predicted molar refractivity (Wildman–Crippen MR) is 96.7 cm³/mol. The van der Waals surface area contributed by atoms with E-state index in [1.165, 1.54) is 4.57 Å². The van der Waals surface area contributed by atoms with E-state index in [-0.39, 0.29) is 30.5 Å². The van der Waals surface area contributed by atoms with E-state index in [0.29, 0.717) is 28.8 Å². The summed E-state index contributed by atoms with van der Waals surface area (Å²) in [6.07, 6.45) is 1.17. The minimum absolute atomic E-state index is 0.103. The topological polar surface area (TPSA) is 76.1 Å². The molecule has 0 radical (unpaired) electrons. The number of hydrogen-bond donors (Lipinski definition) is 2. The molecule has 24 heavy (non-hydrogen) atoms. The largest absolute Gasteiger partial charge is 0.379 e. The van der Waals surface area contributed by atoms with E-state index in [9.17, 15) is 9.59 Å². The number of rotatable bonds is 8. The molecule has 0 spiro atoms. The van der Waals surface area contributed by atoms with Gasteiger partial charge in [-0.1, -0.05) is 12.1 Å². The highest BCUT2D eigenvalue weighted by atomic mass is 32.1. The standard InChI is InChI=1S/C17H23N3O3S/c1-12(2)23-11-5-9-18-15(21)8-10-20-16(22)13-6-3-4-7-14(13)19-17(20)24/h3-4,6-7,12H,5,8-11H2,1-2H3,(H,18,21)(H,19,24). The lowest BCUT2D eigenvalue weighted by Crippen LogP contribution is -2.29. The molecule has 130 valence electrons. The van der Waals surface area contributed by atoms with Crippen LogP contribution in [0.15, 0.2) is 29.1 Å². The lowest BCUT2D eigenvalue weighted by Gasteiger charge is -2.10. The first-order valence-electron chi connectivity index (χ1n) is 8.09. The highest BCUT2D eigenvalue weighted by Gasteiger charge is 2.07. The van der Waals surface area contributed by atoms with Crippen molar-refractivity contribution < 1.29 is 9.53 Å². The highest BCUT2D eigenvalue weighted by molar-refractivity contribution is 7.71. The molecule has 1 aromatic carbocycles. The average molecular weight is 349 g/mol. The SMILES string of the molecule is CC(C)OCCCNC(=O)CCn1c(=S)[nH]c2ccccc2c1=O. The summed E-state index contributed by atoms with van der Waals surface area (Å²) in [6.45, 7) is 5.39. The summed E-state index contributed by atoms with van der Waals surface area (Å²) in [6, 6.07) is 7.20. The fourth-order valence-electron chi connectivity index (χ4n) is 2.32. The zero-order chi connectivity index (χ0) is 17.5. The lowest BCUT2D eigenvalue weighted by molar-refractivity contribution is -0.121. The van der Waals surface area contributed by atoms with Gasteiger partial charge in [-0.05, 0) is 44.6 Å². The van der Waals surface area contributed by atoms with Crippen LogP contribution in [-0.2, 0) is 16.1 Å². The van der Waals surface area contributed by atoms with Gasteiger partial charge in [0, 0.05) is 26.1 Å². The van der Waals surface area contributed by atoms with Gasteiger partial charge in [0.2, 0.25) is 5.91 Å². The molecule has 0 atom stereocenters. The molecule has 0 fully saturated rings. The summed E-state index contributed by atoms with van der Waals surface area (Å²) < 4.78 is 7.17. The van der Waals surface area contributed by atoms with Gasteiger partial charge in [-0.3, -0.25) is 14.2 Å². The Balaban J connectivity index is 1.90. The number of ether oxygens (including phenoxy) is 1. The summed E-state index contributed by atoms with van der Waals surface area (Å²) in [5.74, 6) is -0.103. The minimum Gasteiger partial charge on any atom is -0.379 e. The van der Waals surface area contributed by atoms with Crippen molar-refractivity contribution in [1.82, 2.24) is 14.9 Å². The van der Waals surface area contributed by atoms with E-state index in [0.717, 1.165) is 6.42 Å². The number of benzene rings is 1. The van der Waals surface area contributed by atoms with Crippen molar-refractivity contribution in [3.63, 3.8) is 0 Å². The van der Waals surface area contributed by atoms with Gasteiger partial charge in [0.15, 0.2) is 4.77 Å². The lowest BCUT2D eigenvalue weighted by atomic mass is 10.2. The Morgan fingerprint density at radius 1 is 1.38 bits per heavy atom. The number of carbonyl (C=O) groups excluding carboxylic acids is 1. The van der Waals surface area contributed by atoms with E-state index < -0.39 is 0 Å². The van der Waals surface area contributed by atoms with Crippen LogP contribution in [-0.4, -0.2) is 34.7 Å². The number of amides is 1. The molecule has 1 aromatic heterocycles. The Hall–Kier alpha value is -1.99. The van der Waals surface area contributed by atoms with Crippen LogP contribution in [0.5, 0.6) is 0 Å². The van der Waals surface area contributed by atoms with Crippen molar-refractivity contribution in [2.75, 3.05) is 13.2 Å². The maximum Gasteiger partial charge on any atom is 0.262 e. The number of hydrogen-bond acceptors (Lipinski definition) is 4. The van der Waals surface area contributed by atoms with Crippen molar-refractivity contribution in [3.05, 3.63) is 39.4 Å². The normalized spacial score (nSPS) is 11.1. The molecule has 0 unspecified atom stereocenters. The molecule has 7 heteroatoms. The van der Waals surface area contributed by atoms with Gasteiger partial charge in [0.25, 0.3) is 5.56 Å². The van der Waals surface area contributed by atoms with Gasteiger partial charge < -0.3 is 15.0 Å². The Kier molecular flexibility index (Phi) is 6.69. The monoisotopic (exact) mass is 349 g/mol. The summed E-state index contributed by atoms with van der Waals surface area (Å²) in [5.41, 5.74) is 0.533. The molecule has 6 nitrogen and oxygen atoms in total. The van der Waals surface area contributed by atoms with Crippen LogP contribution < -0.4 is 10.9 Å². The third-order valence-electron chi connectivity index (χ3n) is 3.55. The molecule has 1 heterocycles. The highest BCUT2D eigenvalue weighted by Crippen LogP contribution is 2.06. The second-order valence-electron chi connectivity index (χ2n) is 5.81. The van der Waals surface area contributed by atoms with E-state index in [1.54, 1.807) is 12.1 Å². The molecule has 0 saturated carbocycles. The molecule has 0 aliphatic heterocycles. The number of nitrogens with one attached hydrogen (secondary N) is 2. The molecule has 2 N–H and O–H groups in total. The molecular weight excluding hydrogens is 326 g/mol. The van der Waals surface area contributed by atoms with E-state index in [2.05, 4.69) is 10.3 Å². The molecule has 0 aliphatic rings. The Labute approximate surface area is 145 Å². The van der Waals surface area contributed by atoms with Gasteiger partial charge in [0.05, 0.1) is 17.0 Å². The summed E-state index contributed by atoms with van der Waals surface area (Å²) in [4.78, 5) is 27.4. The Morgan fingerprint density at radius 2 is 2.12 bits per heavy atom. The molecule has 0 bridgehead atoms. The number of nitrogens with zero attached hydrogens (tertiary/aromatic N) is 1. The van der Waals surface area contributed by atoms with Gasteiger partial charge >= 0.3 is 0 Å². The second kappa shape index (κ2) is 8.75. The van der Waals surface area contributed by atoms with Gasteiger partial charge in [0.1, 0.15) is 0 Å². The number of fused-ring (bicyclic) bond motifs is 1. The first-order valence-corrected chi connectivity index (χ1v) is 8.50. The third-order valence-corrected chi connectivity index (χ3v) is 3.87. The van der Waals surface area contributed by atoms with Crippen molar-refractivity contribution in [2.24, 2.45) is 0 Å². The number of aromatic amines is 1. The van der Waals surface area contributed by atoms with Gasteiger partial charge in [-0.25, -0.2) is 0 Å². The number of aromatic nitrogens is 2. The maximum absolute atomic E-state index is 12.5. The molecule has 1 amide bonds. The summed E-state index contributed by atoms with van der Waals surface area (Å²) in [5, 5.41) is 3.39. The first kappa shape index (κ1) is 18.4. The second-order valence-corrected chi connectivity index (χ2v) is 6.19. The van der Waals surface area contributed by atoms with Crippen LogP contribution in [0, 0.1) is 4.77 Å². The first-order chi connectivity index (χ1) is 11.5. The number of para-hydroxylation sites is 1. The van der Waals surface area contributed by atoms with Crippen LogP contribution in [0.4, 0.5) is 0 Å². The van der Waals surface area contributed by atoms with Crippen LogP contribution in [0.3, 0.4) is 0 Å². The van der Waals surface area contributed by atoms with E-state index in [1.807, 2.05) is 26.0 Å². The Bertz CT molecular complexity index is 811. The zero-order valence-electron chi connectivity index (χ0n) is 14.0. The van der Waals surface area contributed by atoms with E-state index >= 15 is 0 Å². The fourth-order valence-corrected chi connectivity index (χ4v) is 2.61. The van der Waals surface area contributed by atoms with Crippen LogP contribution in [0.25, 0.3) is 10.9 Å². The average Bonchev–Trinajstić information content (AvgIpc) is 2.54. The van der Waals surface area contributed by atoms with Crippen molar-refractivity contribution in [3.8, 4) is 0 Å². The fraction of sp³-hybridized carbons (Fsp3) is 0.471. The quantitative estimate of drug-likeness (QED) is 0.567. The smallest absolute Gasteiger partial charge is 0.262 e. The van der Waals surface area contributed by atoms with Crippen molar-refractivity contribution >= 4 is 29.0 Å². The maximum atomic E-state index is 12.5. The number of H-pyrrole nitrogens is 1. The van der Waals surface area contributed by atoms with Crippen LogP contribution in [0.1, 0.15) is 26.7 Å². The third kappa shape index (κ3) is 5.01. The van der Waals surface area contributed by atoms with Gasteiger partial charge in [-0.15, -0.1) is 0 Å². The summed E-state index contributed by atoms with van der Waals surface area (Å²) in [7, 11) is 0. The molecule has 2 aromatic rings. The zero-order valence-corrected chi connectivity index (χ0v) is 14.8. The minimum atomic E-state index is -0.174. The molecular formula is C17H23N3O3S. The van der Waals surface area contributed by atoms with Gasteiger partial charge in [-0.2, -0.15) is 0 Å². The van der Waals surface area contributed by atoms with Crippen LogP contribution in [0.2, 0.25) is 0 Å². The Morgan fingerprint density at radius 3 is 2.88 bits per heavy atom. The summed E-state index contributed by atoms with van der Waals surface area (Å²) >= 11 is 5.22.